The summed E-state index contributed by atoms with van der Waals surface area (Å²) < 4.78 is 13.4. The van der Waals surface area contributed by atoms with Crippen LogP contribution in [0.2, 0.25) is 0 Å². The largest absolute Gasteiger partial charge is 0.243 e. The molecule has 0 amide bonds. The van der Waals surface area contributed by atoms with Crippen LogP contribution in [0.1, 0.15) is 51.4 Å². The molecule has 0 aromatic carbocycles. The van der Waals surface area contributed by atoms with E-state index < -0.39 is 0 Å². The molecule has 0 N–H and O–H groups in total. The lowest BCUT2D eigenvalue weighted by Crippen LogP contribution is -2.33. The maximum absolute atomic E-state index is 2.31. The van der Waals surface area contributed by atoms with Gasteiger partial charge in [-0.2, -0.15) is 0 Å². The van der Waals surface area contributed by atoms with Crippen LogP contribution in [0.15, 0.2) is 86.5 Å². The van der Waals surface area contributed by atoms with E-state index in [0.717, 1.165) is 26.2 Å². The van der Waals surface area contributed by atoms with Crippen molar-refractivity contribution in [3.8, 4) is 11.1 Å². The van der Waals surface area contributed by atoms with Gasteiger partial charge in [0.25, 0.3) is 0 Å². The van der Waals surface area contributed by atoms with Gasteiger partial charge < -0.3 is 0 Å². The molecule has 0 fully saturated rings. The molecule has 0 saturated carbocycles. The van der Waals surface area contributed by atoms with Crippen molar-refractivity contribution in [2.75, 3.05) is 0 Å². The normalized spacial score (nSPS) is 11.3. The molecule has 0 unspecified atom stereocenters. The van der Waals surface area contributed by atoms with Crippen LogP contribution in [0.25, 0.3) is 11.1 Å². The predicted octanol–water partition coefficient (Wildman–Crippen LogP) is 3.70. The number of hydrogen-bond donors (Lipinski definition) is 0. The first kappa shape index (κ1) is 25.8. The van der Waals surface area contributed by atoms with Gasteiger partial charge in [0, 0.05) is 37.1 Å². The average Bonchev–Trinajstić information content (AvgIpc) is 3.51. The molecular formula is C30H44N6+4. The molecular weight excluding hydrogens is 444 g/mol. The van der Waals surface area contributed by atoms with Crippen LogP contribution < -0.4 is 18.3 Å². The third-order valence-electron chi connectivity index (χ3n) is 6.93. The maximum atomic E-state index is 2.31. The van der Waals surface area contributed by atoms with Crippen LogP contribution in [-0.4, -0.2) is 9.13 Å². The van der Waals surface area contributed by atoms with Gasteiger partial charge >= 0.3 is 0 Å². The summed E-state index contributed by atoms with van der Waals surface area (Å²) in [4.78, 5) is 0. The molecule has 6 heteroatoms. The van der Waals surface area contributed by atoms with Crippen LogP contribution in [-0.2, 0) is 40.3 Å². The van der Waals surface area contributed by atoms with Crippen LogP contribution in [0.3, 0.4) is 0 Å². The molecule has 4 aromatic heterocycles. The van der Waals surface area contributed by atoms with Crippen molar-refractivity contribution in [3.63, 3.8) is 0 Å². The van der Waals surface area contributed by atoms with E-state index in [2.05, 4.69) is 128 Å². The fourth-order valence-electron chi connectivity index (χ4n) is 4.75. The topological polar surface area (TPSA) is 25.4 Å². The summed E-state index contributed by atoms with van der Waals surface area (Å²) in [6.07, 6.45) is 31.8. The molecule has 0 bridgehead atoms. The monoisotopic (exact) mass is 488 g/mol. The summed E-state index contributed by atoms with van der Waals surface area (Å²) in [7, 11) is 4.15. The number of hydrogen-bond acceptors (Lipinski definition) is 0. The molecule has 0 atom stereocenters. The van der Waals surface area contributed by atoms with Crippen molar-refractivity contribution in [2.24, 2.45) is 14.1 Å². The second-order valence-electron chi connectivity index (χ2n) is 10.1. The standard InChI is InChI=1S/C30H44N6/c1-31-23-25-35(27-31)17-9-5-3-7-15-33-19-11-29(12-20-33)30-13-21-34(22-14-30)16-8-4-6-10-18-36-26-24-32(2)28-36/h11-14,19-28H,3-10,15-18H2,1-2H3/q+4. The fraction of sp³-hybridized carbons (Fsp3) is 0.467. The predicted molar refractivity (Wildman–Crippen MR) is 140 cm³/mol. The fourth-order valence-corrected chi connectivity index (χ4v) is 4.75. The Morgan fingerprint density at radius 2 is 0.889 bits per heavy atom. The number of aromatic nitrogens is 6. The molecule has 0 spiro atoms. The third kappa shape index (κ3) is 8.43. The quantitative estimate of drug-likeness (QED) is 0.180. The SMILES string of the molecule is C[n+]1ccn(CCCCCC[n+]2ccc(-c3cc[n+](CCCCCCn4cc[n+](C)c4)cc3)cc2)c1. The van der Waals surface area contributed by atoms with Gasteiger partial charge in [-0.3, -0.25) is 0 Å². The molecule has 6 nitrogen and oxygen atoms in total. The van der Waals surface area contributed by atoms with E-state index >= 15 is 0 Å². The number of pyridine rings is 2. The van der Waals surface area contributed by atoms with E-state index in [1.54, 1.807) is 0 Å². The lowest BCUT2D eigenvalue weighted by Gasteiger charge is -2.03. The Balaban J connectivity index is 1.09. The van der Waals surface area contributed by atoms with Crippen molar-refractivity contribution in [1.82, 2.24) is 9.13 Å². The first-order valence-electron chi connectivity index (χ1n) is 13.7. The highest BCUT2D eigenvalue weighted by Crippen LogP contribution is 2.16. The molecule has 36 heavy (non-hydrogen) atoms. The highest BCUT2D eigenvalue weighted by molar-refractivity contribution is 5.60. The van der Waals surface area contributed by atoms with E-state index in [1.165, 1.54) is 62.5 Å². The van der Waals surface area contributed by atoms with Crippen LogP contribution in [0.5, 0.6) is 0 Å². The molecule has 190 valence electrons. The zero-order chi connectivity index (χ0) is 25.0. The summed E-state index contributed by atoms with van der Waals surface area (Å²) >= 11 is 0. The number of aryl methyl sites for hydroxylation is 6. The van der Waals surface area contributed by atoms with Gasteiger partial charge in [-0.05, 0) is 49.7 Å². The van der Waals surface area contributed by atoms with Gasteiger partial charge in [0.2, 0.25) is 12.7 Å². The summed E-state index contributed by atoms with van der Waals surface area (Å²) in [5.74, 6) is 0. The molecule has 0 aliphatic heterocycles. The summed E-state index contributed by atoms with van der Waals surface area (Å²) in [6, 6.07) is 8.99. The van der Waals surface area contributed by atoms with Crippen molar-refractivity contribution < 1.29 is 18.3 Å². The zero-order valence-electron chi connectivity index (χ0n) is 22.3. The minimum Gasteiger partial charge on any atom is -0.240 e. The van der Waals surface area contributed by atoms with E-state index in [4.69, 9.17) is 0 Å². The molecule has 0 radical (unpaired) electrons. The molecule has 0 saturated heterocycles. The van der Waals surface area contributed by atoms with Crippen molar-refractivity contribution in [2.45, 2.75) is 77.5 Å². The average molecular weight is 489 g/mol. The van der Waals surface area contributed by atoms with Gasteiger partial charge in [0.1, 0.15) is 37.9 Å². The summed E-state index contributed by atoms with van der Waals surface area (Å²) in [6.45, 7) is 4.43. The smallest absolute Gasteiger partial charge is 0.240 e. The molecule has 4 heterocycles. The first-order chi connectivity index (χ1) is 17.7. The third-order valence-corrected chi connectivity index (χ3v) is 6.93. The highest BCUT2D eigenvalue weighted by Gasteiger charge is 2.07. The second-order valence-corrected chi connectivity index (χ2v) is 10.1. The highest BCUT2D eigenvalue weighted by atomic mass is 15.1. The van der Waals surface area contributed by atoms with Gasteiger partial charge in [-0.15, -0.1) is 0 Å². The number of unbranched alkanes of at least 4 members (excludes halogenated alkanes) is 6. The summed E-state index contributed by atoms with van der Waals surface area (Å²) in [5.41, 5.74) is 2.58. The second kappa shape index (κ2) is 13.7. The molecule has 0 aliphatic rings. The zero-order valence-corrected chi connectivity index (χ0v) is 22.3. The Hall–Kier alpha value is -3.28. The van der Waals surface area contributed by atoms with Gasteiger partial charge in [0.15, 0.2) is 24.8 Å². The number of imidazole rings is 2. The Labute approximate surface area is 216 Å². The van der Waals surface area contributed by atoms with Crippen LogP contribution in [0.4, 0.5) is 0 Å². The molecule has 4 aromatic rings. The van der Waals surface area contributed by atoms with E-state index in [0.29, 0.717) is 0 Å². The van der Waals surface area contributed by atoms with Crippen LogP contribution >= 0.6 is 0 Å². The minimum absolute atomic E-state index is 1.09. The lowest BCUT2D eigenvalue weighted by atomic mass is 10.1. The number of rotatable bonds is 15. The van der Waals surface area contributed by atoms with Crippen molar-refractivity contribution >= 4 is 0 Å². The van der Waals surface area contributed by atoms with E-state index in [9.17, 15) is 0 Å². The Morgan fingerprint density at radius 3 is 1.25 bits per heavy atom. The first-order valence-corrected chi connectivity index (χ1v) is 13.7. The van der Waals surface area contributed by atoms with Crippen molar-refractivity contribution in [1.29, 1.82) is 0 Å². The minimum atomic E-state index is 1.09. The van der Waals surface area contributed by atoms with E-state index in [1.807, 2.05) is 0 Å². The van der Waals surface area contributed by atoms with Crippen LogP contribution in [0, 0.1) is 0 Å². The maximum Gasteiger partial charge on any atom is 0.243 e. The van der Waals surface area contributed by atoms with Gasteiger partial charge in [-0.25, -0.2) is 27.4 Å². The van der Waals surface area contributed by atoms with E-state index in [-0.39, 0.29) is 0 Å². The summed E-state index contributed by atoms with van der Waals surface area (Å²) in [5, 5.41) is 0. The molecule has 0 aliphatic carbocycles. The number of nitrogens with zero attached hydrogens (tertiary/aromatic N) is 6. The Kier molecular flexibility index (Phi) is 9.83. The lowest BCUT2D eigenvalue weighted by molar-refractivity contribution is -0.697. The Bertz CT molecular complexity index is 1060. The van der Waals surface area contributed by atoms with Crippen molar-refractivity contribution in [3.05, 3.63) is 86.5 Å². The van der Waals surface area contributed by atoms with Gasteiger partial charge in [0.05, 0.1) is 27.2 Å². The Morgan fingerprint density at radius 1 is 0.500 bits per heavy atom. The van der Waals surface area contributed by atoms with Gasteiger partial charge in [-0.1, -0.05) is 0 Å². The molecule has 4 rings (SSSR count).